The molecule has 0 aliphatic carbocycles. The molecule has 0 bridgehead atoms. The summed E-state index contributed by atoms with van der Waals surface area (Å²) in [6, 6.07) is 14.3. The highest BCUT2D eigenvalue weighted by atomic mass is 16.5. The Bertz CT molecular complexity index is 1370. The lowest BCUT2D eigenvalue weighted by atomic mass is 9.99. The lowest BCUT2D eigenvalue weighted by Gasteiger charge is -2.38. The van der Waals surface area contributed by atoms with Crippen LogP contribution in [0.3, 0.4) is 0 Å². The van der Waals surface area contributed by atoms with Crippen LogP contribution in [0.1, 0.15) is 34.6 Å². The lowest BCUT2D eigenvalue weighted by Crippen LogP contribution is -2.50. The highest BCUT2D eigenvalue weighted by Gasteiger charge is 2.34. The smallest absolute Gasteiger partial charge is 0.321 e. The third kappa shape index (κ3) is 7.12. The van der Waals surface area contributed by atoms with Crippen molar-refractivity contribution in [2.45, 2.75) is 26.0 Å². The molecule has 11 nitrogen and oxygen atoms in total. The Labute approximate surface area is 239 Å². The molecule has 0 spiro atoms. The first-order chi connectivity index (χ1) is 19.7. The van der Waals surface area contributed by atoms with Crippen molar-refractivity contribution in [3.05, 3.63) is 78.1 Å². The molecule has 4 amide bonds. The standard InChI is InChI=1S/C30H35N5O6/c1-19-16-35(20(2)18-36)29(38)25-15-23(32-28(37)21-11-13-31-14-12-21)7-10-26(25)41-27(19)17-34(3)30(39)33-22-5-8-24(40-4)9-6-22/h5-15,19-20,27,36H,16-18H2,1-4H3,(H,32,37)(H,33,39)/t19-,20+,27+/m1/s1. The number of aliphatic hydroxyl groups is 1. The third-order valence-electron chi connectivity index (χ3n) is 7.01. The number of benzene rings is 2. The van der Waals surface area contributed by atoms with Gasteiger partial charge < -0.3 is 35.0 Å². The molecule has 2 heterocycles. The number of anilines is 2. The third-order valence-corrected chi connectivity index (χ3v) is 7.01. The number of aliphatic hydroxyl groups excluding tert-OH is 1. The molecule has 0 saturated heterocycles. The van der Waals surface area contributed by atoms with Gasteiger partial charge >= 0.3 is 6.03 Å². The molecule has 216 valence electrons. The molecular formula is C30H35N5O6. The second kappa shape index (κ2) is 13.1. The van der Waals surface area contributed by atoms with E-state index in [1.165, 1.54) is 17.3 Å². The number of amides is 4. The molecule has 2 aromatic carbocycles. The summed E-state index contributed by atoms with van der Waals surface area (Å²) in [7, 11) is 3.25. The van der Waals surface area contributed by atoms with E-state index in [0.717, 1.165) is 0 Å². The van der Waals surface area contributed by atoms with Crippen molar-refractivity contribution in [3.63, 3.8) is 0 Å². The van der Waals surface area contributed by atoms with Crippen LogP contribution < -0.4 is 20.1 Å². The summed E-state index contributed by atoms with van der Waals surface area (Å²) in [6.45, 7) is 4.02. The van der Waals surface area contributed by atoms with E-state index < -0.39 is 12.1 Å². The minimum atomic E-state index is -0.473. The van der Waals surface area contributed by atoms with Crippen LogP contribution in [0.5, 0.6) is 11.5 Å². The van der Waals surface area contributed by atoms with E-state index in [1.807, 2.05) is 6.92 Å². The van der Waals surface area contributed by atoms with Crippen LogP contribution in [0.15, 0.2) is 67.0 Å². The van der Waals surface area contributed by atoms with Crippen LogP contribution in [-0.2, 0) is 0 Å². The Morgan fingerprint density at radius 3 is 2.46 bits per heavy atom. The van der Waals surface area contributed by atoms with Crippen molar-refractivity contribution in [3.8, 4) is 11.5 Å². The van der Waals surface area contributed by atoms with E-state index >= 15 is 0 Å². The van der Waals surface area contributed by atoms with E-state index in [0.29, 0.717) is 35.0 Å². The van der Waals surface area contributed by atoms with Crippen molar-refractivity contribution in [1.82, 2.24) is 14.8 Å². The SMILES string of the molecule is COc1ccc(NC(=O)N(C)C[C@@H]2Oc3ccc(NC(=O)c4ccncc4)cc3C(=O)N([C@@H](C)CO)C[C@H]2C)cc1. The van der Waals surface area contributed by atoms with Crippen molar-refractivity contribution in [1.29, 1.82) is 0 Å². The Hall–Kier alpha value is -4.64. The summed E-state index contributed by atoms with van der Waals surface area (Å²) in [5.74, 6) is 0.166. The molecule has 0 radical (unpaired) electrons. The predicted octanol–water partition coefficient (Wildman–Crippen LogP) is 3.73. The van der Waals surface area contributed by atoms with E-state index in [1.54, 1.807) is 80.6 Å². The molecule has 3 atom stereocenters. The van der Waals surface area contributed by atoms with Crippen molar-refractivity contribution >= 4 is 29.2 Å². The van der Waals surface area contributed by atoms with Crippen LogP contribution in [0.25, 0.3) is 0 Å². The number of nitrogens with zero attached hydrogens (tertiary/aromatic N) is 3. The van der Waals surface area contributed by atoms with Crippen molar-refractivity contribution in [2.75, 3.05) is 44.5 Å². The quantitative estimate of drug-likeness (QED) is 0.382. The van der Waals surface area contributed by atoms with Gasteiger partial charge in [-0.3, -0.25) is 14.6 Å². The van der Waals surface area contributed by atoms with Gasteiger partial charge in [-0.1, -0.05) is 6.92 Å². The molecular weight excluding hydrogens is 526 g/mol. The molecule has 0 saturated carbocycles. The normalized spacial score (nSPS) is 17.3. The van der Waals surface area contributed by atoms with Gasteiger partial charge in [0, 0.05) is 48.8 Å². The summed E-state index contributed by atoms with van der Waals surface area (Å²) in [5.41, 5.74) is 1.71. The molecule has 0 fully saturated rings. The molecule has 4 rings (SSSR count). The van der Waals surface area contributed by atoms with Gasteiger partial charge in [0.05, 0.1) is 31.9 Å². The number of nitrogens with one attached hydrogen (secondary N) is 2. The number of fused-ring (bicyclic) bond motifs is 1. The zero-order valence-corrected chi connectivity index (χ0v) is 23.5. The van der Waals surface area contributed by atoms with E-state index in [9.17, 15) is 19.5 Å². The highest BCUT2D eigenvalue weighted by molar-refractivity contribution is 6.05. The van der Waals surface area contributed by atoms with Crippen LogP contribution in [0, 0.1) is 5.92 Å². The van der Waals surface area contributed by atoms with Gasteiger partial charge in [-0.05, 0) is 61.5 Å². The highest BCUT2D eigenvalue weighted by Crippen LogP contribution is 2.31. The van der Waals surface area contributed by atoms with Crippen molar-refractivity contribution < 1.29 is 29.0 Å². The summed E-state index contributed by atoms with van der Waals surface area (Å²) in [5, 5.41) is 15.6. The molecule has 1 aliphatic rings. The average molecular weight is 562 g/mol. The fraction of sp³-hybridized carbons (Fsp3) is 0.333. The molecule has 1 aromatic heterocycles. The maximum absolute atomic E-state index is 13.7. The van der Waals surface area contributed by atoms with Gasteiger partial charge in [-0.2, -0.15) is 0 Å². The number of methoxy groups -OCH3 is 1. The summed E-state index contributed by atoms with van der Waals surface area (Å²) in [4.78, 5) is 46.4. The van der Waals surface area contributed by atoms with Gasteiger partial charge in [0.2, 0.25) is 0 Å². The zero-order chi connectivity index (χ0) is 29.5. The molecule has 1 aliphatic heterocycles. The Balaban J connectivity index is 1.56. The summed E-state index contributed by atoms with van der Waals surface area (Å²) >= 11 is 0. The minimum absolute atomic E-state index is 0.177. The van der Waals surface area contributed by atoms with E-state index in [-0.39, 0.29) is 42.5 Å². The first kappa shape index (κ1) is 29.3. The van der Waals surface area contributed by atoms with E-state index in [2.05, 4.69) is 15.6 Å². The second-order valence-corrected chi connectivity index (χ2v) is 10.1. The largest absolute Gasteiger partial charge is 0.497 e. The van der Waals surface area contributed by atoms with Gasteiger partial charge in [-0.25, -0.2) is 4.79 Å². The number of carbonyl (C=O) groups excluding carboxylic acids is 3. The van der Waals surface area contributed by atoms with Gasteiger partial charge in [0.15, 0.2) is 0 Å². The Morgan fingerprint density at radius 2 is 1.80 bits per heavy atom. The number of carbonyl (C=O) groups is 3. The number of hydrogen-bond acceptors (Lipinski definition) is 7. The number of urea groups is 1. The van der Waals surface area contributed by atoms with Crippen LogP contribution in [0.4, 0.5) is 16.2 Å². The molecule has 3 aromatic rings. The van der Waals surface area contributed by atoms with Crippen LogP contribution in [0.2, 0.25) is 0 Å². The zero-order valence-electron chi connectivity index (χ0n) is 23.5. The Morgan fingerprint density at radius 1 is 1.12 bits per heavy atom. The minimum Gasteiger partial charge on any atom is -0.497 e. The van der Waals surface area contributed by atoms with Gasteiger partial charge in [0.1, 0.15) is 17.6 Å². The second-order valence-electron chi connectivity index (χ2n) is 10.1. The number of aromatic nitrogens is 1. The van der Waals surface area contributed by atoms with Gasteiger partial charge in [-0.15, -0.1) is 0 Å². The van der Waals surface area contributed by atoms with Crippen LogP contribution >= 0.6 is 0 Å². The summed E-state index contributed by atoms with van der Waals surface area (Å²) in [6.07, 6.45) is 2.58. The number of rotatable bonds is 8. The van der Waals surface area contributed by atoms with E-state index in [4.69, 9.17) is 9.47 Å². The number of ether oxygens (including phenoxy) is 2. The first-order valence-corrected chi connectivity index (χ1v) is 13.3. The lowest BCUT2D eigenvalue weighted by molar-refractivity contribution is 0.0371. The number of pyridine rings is 1. The average Bonchev–Trinajstić information content (AvgIpc) is 2.99. The molecule has 3 N–H and O–H groups in total. The number of likely N-dealkylation sites (N-methyl/N-ethyl adjacent to an activating group) is 1. The van der Waals surface area contributed by atoms with Gasteiger partial charge in [0.25, 0.3) is 11.8 Å². The Kier molecular flexibility index (Phi) is 9.41. The summed E-state index contributed by atoms with van der Waals surface area (Å²) < 4.78 is 11.5. The molecule has 0 unspecified atom stereocenters. The first-order valence-electron chi connectivity index (χ1n) is 13.3. The maximum atomic E-state index is 13.7. The molecule has 11 heteroatoms. The predicted molar refractivity (Wildman–Crippen MR) is 154 cm³/mol. The topological polar surface area (TPSA) is 133 Å². The fourth-order valence-corrected chi connectivity index (χ4v) is 4.47. The van der Waals surface area contributed by atoms with Crippen LogP contribution in [-0.4, -0.2) is 83.7 Å². The fourth-order valence-electron chi connectivity index (χ4n) is 4.47. The monoisotopic (exact) mass is 561 g/mol. The molecule has 41 heavy (non-hydrogen) atoms. The maximum Gasteiger partial charge on any atom is 0.321 e. The number of hydrogen-bond donors (Lipinski definition) is 3. The van der Waals surface area contributed by atoms with Crippen molar-refractivity contribution in [2.24, 2.45) is 5.92 Å².